The summed E-state index contributed by atoms with van der Waals surface area (Å²) in [5, 5.41) is 0. The highest BCUT2D eigenvalue weighted by Gasteiger charge is 2.32. The Morgan fingerprint density at radius 1 is 0.396 bits per heavy atom. The highest BCUT2D eigenvalue weighted by atomic mass is 35.9. The van der Waals surface area contributed by atoms with Crippen LogP contribution >= 0.6 is 133 Å². The van der Waals surface area contributed by atoms with Gasteiger partial charge < -0.3 is 9.80 Å². The maximum atomic E-state index is 6.24. The van der Waals surface area contributed by atoms with Gasteiger partial charge in [0.15, 0.2) is 0 Å². The first-order chi connectivity index (χ1) is 21.9. The molecule has 0 amide bonds. The van der Waals surface area contributed by atoms with Crippen LogP contribution in [0, 0.1) is 23.7 Å². The molecule has 0 saturated carbocycles. The van der Waals surface area contributed by atoms with Crippen LogP contribution in [0.2, 0.25) is 24.2 Å². The van der Waals surface area contributed by atoms with Crippen LogP contribution in [-0.2, 0) is 12.8 Å². The summed E-state index contributed by atoms with van der Waals surface area (Å²) in [6.45, 7) is 11.5. The van der Waals surface area contributed by atoms with Gasteiger partial charge in [0.1, 0.15) is 0 Å². The average Bonchev–Trinajstić information content (AvgIpc) is 2.87. The van der Waals surface area contributed by atoms with Crippen LogP contribution in [0.1, 0.15) is 38.8 Å². The van der Waals surface area contributed by atoms with E-state index in [1.54, 1.807) is 0 Å². The van der Waals surface area contributed by atoms with Crippen LogP contribution in [0.3, 0.4) is 0 Å². The van der Waals surface area contributed by atoms with Gasteiger partial charge in [-0.15, -0.1) is 133 Å². The molecule has 0 aliphatic rings. The van der Waals surface area contributed by atoms with Gasteiger partial charge in [0, 0.05) is 37.6 Å². The Labute approximate surface area is 348 Å². The molecule has 2 aromatic carbocycles. The number of hydrogen-bond donors (Lipinski definition) is 0. The smallest absolute Gasteiger partial charge is 0.341 e. The first kappa shape index (κ1) is 46.5. The third-order valence-electron chi connectivity index (χ3n) is 7.75. The molecule has 0 aliphatic heterocycles. The van der Waals surface area contributed by atoms with E-state index < -0.39 is 24.0 Å². The van der Waals surface area contributed by atoms with Gasteiger partial charge in [-0.25, -0.2) is 0 Å². The molecule has 4 unspecified atom stereocenters. The van der Waals surface area contributed by atoms with Gasteiger partial charge in [-0.1, -0.05) is 52.0 Å². The van der Waals surface area contributed by atoms with Gasteiger partial charge >= 0.3 is 24.0 Å². The number of halogens is 12. The van der Waals surface area contributed by atoms with E-state index in [0.29, 0.717) is 24.2 Å². The van der Waals surface area contributed by atoms with E-state index in [9.17, 15) is 0 Å². The molecule has 0 radical (unpaired) electrons. The molecule has 2 nitrogen and oxygen atoms in total. The van der Waals surface area contributed by atoms with Crippen molar-refractivity contribution in [3.05, 3.63) is 59.7 Å². The SMILES string of the molecule is CC(CN(CC(C)C[Si](Cl)(Cl)Cl)c1ccc(CCc2ccc(N(CC(C)C[Si](Cl)(Cl)Cl)CC(C)C[Si](Cl)(Cl)Cl)cc2)cc1)C[Si](Cl)(Cl)Cl. The minimum Gasteiger partial charge on any atom is -0.371 e. The van der Waals surface area contributed by atoms with Crippen molar-refractivity contribution in [2.75, 3.05) is 36.0 Å². The molecule has 4 atom stereocenters. The Bertz CT molecular complexity index is 1080. The highest BCUT2D eigenvalue weighted by Crippen LogP contribution is 2.35. The van der Waals surface area contributed by atoms with Gasteiger partial charge in [0.05, 0.1) is 0 Å². The molecule has 0 saturated heterocycles. The second kappa shape index (κ2) is 20.9. The maximum Gasteiger partial charge on any atom is 0.341 e. The number of nitrogens with zero attached hydrogens (tertiary/aromatic N) is 2. The van der Waals surface area contributed by atoms with Crippen LogP contribution in [0.25, 0.3) is 0 Å². The van der Waals surface area contributed by atoms with Gasteiger partial charge in [-0.3, -0.25) is 0 Å². The van der Waals surface area contributed by atoms with Crippen molar-refractivity contribution in [2.45, 2.75) is 64.7 Å². The summed E-state index contributed by atoms with van der Waals surface area (Å²) in [5.74, 6) is 0.830. The topological polar surface area (TPSA) is 6.48 Å². The lowest BCUT2D eigenvalue weighted by Gasteiger charge is -2.32. The summed E-state index contributed by atoms with van der Waals surface area (Å²) in [7, 11) is 0. The zero-order chi connectivity index (χ0) is 36.5. The fourth-order valence-electron chi connectivity index (χ4n) is 5.95. The molecule has 0 heterocycles. The van der Waals surface area contributed by atoms with Crippen molar-refractivity contribution in [3.63, 3.8) is 0 Å². The summed E-state index contributed by atoms with van der Waals surface area (Å²) in [6.07, 6.45) is 1.81. The third kappa shape index (κ3) is 21.3. The lowest BCUT2D eigenvalue weighted by Crippen LogP contribution is -2.35. The van der Waals surface area contributed by atoms with Crippen LogP contribution in [-0.4, -0.2) is 50.2 Å². The number of benzene rings is 2. The lowest BCUT2D eigenvalue weighted by atomic mass is 10.0. The van der Waals surface area contributed by atoms with Crippen LogP contribution in [0.15, 0.2) is 48.5 Å². The molecule has 48 heavy (non-hydrogen) atoms. The van der Waals surface area contributed by atoms with Crippen molar-refractivity contribution in [1.82, 2.24) is 0 Å². The first-order valence-corrected chi connectivity index (χ1v) is 36.8. The van der Waals surface area contributed by atoms with E-state index >= 15 is 0 Å². The number of rotatable bonds is 21. The highest BCUT2D eigenvalue weighted by molar-refractivity contribution is 7.66. The Morgan fingerprint density at radius 2 is 0.604 bits per heavy atom. The number of anilines is 2. The van der Waals surface area contributed by atoms with Crippen molar-refractivity contribution < 1.29 is 0 Å². The standard InChI is InChI=1S/C30H44Cl12N2Si4/c1-23(19-45(31,32)33)15-43(16-24(2)20-46(34,35)36)29-11-7-27(8-12-29)5-6-28-9-13-30(14-10-28)44(17-25(3)21-47(37,38)39)18-26(4)22-48(40,41)42/h7-14,23-26H,5-6,15-22H2,1-4H3. The predicted octanol–water partition coefficient (Wildman–Crippen LogP) is 14.3. The Kier molecular flexibility index (Phi) is 20.3. The van der Waals surface area contributed by atoms with E-state index in [2.05, 4.69) is 86.0 Å². The Morgan fingerprint density at radius 3 is 0.792 bits per heavy atom. The molecule has 18 heteroatoms. The van der Waals surface area contributed by atoms with Crippen molar-refractivity contribution in [1.29, 1.82) is 0 Å². The number of aryl methyl sites for hydroxylation is 2. The minimum atomic E-state index is -2.76. The zero-order valence-electron chi connectivity index (χ0n) is 27.4. The van der Waals surface area contributed by atoms with E-state index in [-0.39, 0.29) is 23.7 Å². The third-order valence-corrected chi connectivity index (χ3v) is 17.9. The van der Waals surface area contributed by atoms with Crippen molar-refractivity contribution in [3.8, 4) is 0 Å². The normalized spacial score (nSPS) is 15.6. The maximum absolute atomic E-state index is 6.24. The predicted molar refractivity (Wildman–Crippen MR) is 234 cm³/mol. The van der Waals surface area contributed by atoms with Gasteiger partial charge in [0.2, 0.25) is 0 Å². The Balaban J connectivity index is 2.13. The monoisotopic (exact) mass is 964 g/mol. The summed E-state index contributed by atoms with van der Waals surface area (Å²) in [4.78, 5) is 4.65. The quantitative estimate of drug-likeness (QED) is 0.0909. The lowest BCUT2D eigenvalue weighted by molar-refractivity contribution is 0.550. The largest absolute Gasteiger partial charge is 0.371 e. The fourth-order valence-corrected chi connectivity index (χ4v) is 19.1. The molecule has 274 valence electrons. The molecule has 0 aromatic heterocycles. The molecular formula is C30H44Cl12N2Si4. The first-order valence-electron chi connectivity index (χ1n) is 15.8. The van der Waals surface area contributed by atoms with Crippen LogP contribution < -0.4 is 9.80 Å². The summed E-state index contributed by atoms with van der Waals surface area (Å²) in [6, 6.07) is 8.72. The molecule has 2 aromatic rings. The van der Waals surface area contributed by atoms with Gasteiger partial charge in [0.25, 0.3) is 0 Å². The Hall–Kier alpha value is 2.39. The fraction of sp³-hybridized carbons (Fsp3) is 0.600. The van der Waals surface area contributed by atoms with Crippen molar-refractivity contribution >= 4 is 168 Å². The molecule has 0 spiro atoms. The van der Waals surface area contributed by atoms with Crippen LogP contribution in [0.4, 0.5) is 11.4 Å². The summed E-state index contributed by atoms with van der Waals surface area (Å²) < 4.78 is 0. The van der Waals surface area contributed by atoms with Gasteiger partial charge in [-0.05, 0) is 96.1 Å². The molecule has 0 N–H and O–H groups in total. The van der Waals surface area contributed by atoms with E-state index in [1.165, 1.54) is 11.1 Å². The zero-order valence-corrected chi connectivity index (χ0v) is 40.5. The summed E-state index contributed by atoms with van der Waals surface area (Å²) in [5.41, 5.74) is 4.72. The van der Waals surface area contributed by atoms with Crippen LogP contribution in [0.5, 0.6) is 0 Å². The average molecular weight is 970 g/mol. The molecule has 0 fully saturated rings. The van der Waals surface area contributed by atoms with E-state index in [4.69, 9.17) is 133 Å². The minimum absolute atomic E-state index is 0.208. The molecule has 0 aliphatic carbocycles. The van der Waals surface area contributed by atoms with E-state index in [1.807, 2.05) is 0 Å². The molecule has 0 bridgehead atoms. The summed E-state index contributed by atoms with van der Waals surface area (Å²) >= 11 is 74.9. The molecular weight excluding hydrogens is 926 g/mol. The second-order valence-corrected chi connectivity index (χ2v) is 50.1. The van der Waals surface area contributed by atoms with Crippen molar-refractivity contribution in [2.24, 2.45) is 23.7 Å². The number of hydrogen-bond acceptors (Lipinski definition) is 2. The van der Waals surface area contributed by atoms with Gasteiger partial charge in [-0.2, -0.15) is 0 Å². The van der Waals surface area contributed by atoms with E-state index in [0.717, 1.165) is 50.4 Å². The molecule has 2 rings (SSSR count). The second-order valence-electron chi connectivity index (χ2n) is 13.3.